The molecule has 1 amide bonds. The zero-order valence-corrected chi connectivity index (χ0v) is 10.1. The van der Waals surface area contributed by atoms with Gasteiger partial charge in [0.2, 0.25) is 5.91 Å². The van der Waals surface area contributed by atoms with Crippen LogP contribution in [0.1, 0.15) is 12.0 Å². The second kappa shape index (κ2) is 5.96. The molecular formula is C12H13F2N3O. The number of nitrogens with one attached hydrogen (secondary N) is 1. The normalized spacial score (nSPS) is 9.72. The molecular weight excluding hydrogens is 240 g/mol. The summed E-state index contributed by atoms with van der Waals surface area (Å²) in [7, 11) is 3.05. The molecule has 0 radical (unpaired) electrons. The molecule has 0 saturated heterocycles. The van der Waals surface area contributed by atoms with Crippen LogP contribution in [0.5, 0.6) is 0 Å². The van der Waals surface area contributed by atoms with Crippen LogP contribution in [0.4, 0.5) is 14.5 Å². The van der Waals surface area contributed by atoms with Gasteiger partial charge in [-0.15, -0.1) is 0 Å². The van der Waals surface area contributed by atoms with Gasteiger partial charge in [-0.1, -0.05) is 0 Å². The van der Waals surface area contributed by atoms with Crippen LogP contribution >= 0.6 is 0 Å². The number of benzene rings is 1. The van der Waals surface area contributed by atoms with Gasteiger partial charge in [-0.05, 0) is 12.1 Å². The van der Waals surface area contributed by atoms with E-state index in [1.807, 2.05) is 0 Å². The molecule has 96 valence electrons. The van der Waals surface area contributed by atoms with Gasteiger partial charge in [0.25, 0.3) is 0 Å². The molecule has 0 spiro atoms. The van der Waals surface area contributed by atoms with Crippen molar-refractivity contribution in [1.29, 1.82) is 5.26 Å². The molecule has 1 aromatic rings. The SMILES string of the molecule is CNC(=O)CCN(C)c1ccc(C#N)c(F)c1F. The van der Waals surface area contributed by atoms with Crippen LogP contribution in [0, 0.1) is 23.0 Å². The minimum absolute atomic E-state index is 0.0235. The Morgan fingerprint density at radius 3 is 2.67 bits per heavy atom. The van der Waals surface area contributed by atoms with Gasteiger partial charge in [0, 0.05) is 27.1 Å². The molecule has 4 nitrogen and oxygen atoms in total. The second-order valence-electron chi connectivity index (χ2n) is 3.72. The van der Waals surface area contributed by atoms with E-state index >= 15 is 0 Å². The second-order valence-corrected chi connectivity index (χ2v) is 3.72. The maximum Gasteiger partial charge on any atom is 0.221 e. The van der Waals surface area contributed by atoms with E-state index in [2.05, 4.69) is 5.32 Å². The van der Waals surface area contributed by atoms with E-state index in [0.29, 0.717) is 0 Å². The summed E-state index contributed by atoms with van der Waals surface area (Å²) < 4.78 is 27.0. The topological polar surface area (TPSA) is 56.1 Å². The van der Waals surface area contributed by atoms with Crippen LogP contribution in [0.2, 0.25) is 0 Å². The molecule has 18 heavy (non-hydrogen) atoms. The monoisotopic (exact) mass is 253 g/mol. The van der Waals surface area contributed by atoms with Crippen molar-refractivity contribution >= 4 is 11.6 Å². The predicted molar refractivity (Wildman–Crippen MR) is 63.0 cm³/mol. The van der Waals surface area contributed by atoms with Gasteiger partial charge in [0.05, 0.1) is 11.3 Å². The Morgan fingerprint density at radius 1 is 1.44 bits per heavy atom. The Kier molecular flexibility index (Phi) is 4.60. The van der Waals surface area contributed by atoms with Crippen LogP contribution in [0.15, 0.2) is 12.1 Å². The summed E-state index contributed by atoms with van der Waals surface area (Å²) in [6, 6.07) is 4.10. The van der Waals surface area contributed by atoms with E-state index in [-0.39, 0.29) is 30.1 Å². The fourth-order valence-electron chi connectivity index (χ4n) is 1.44. The van der Waals surface area contributed by atoms with E-state index in [0.717, 1.165) is 0 Å². The molecule has 1 rings (SSSR count). The molecule has 0 aliphatic carbocycles. The minimum Gasteiger partial charge on any atom is -0.372 e. The Balaban J connectivity index is 2.87. The maximum absolute atomic E-state index is 13.6. The standard InChI is InChI=1S/C12H13F2N3O/c1-16-10(18)5-6-17(2)9-4-3-8(7-15)11(13)12(9)14/h3-4H,5-6H2,1-2H3,(H,16,18). The maximum atomic E-state index is 13.6. The number of rotatable bonds is 4. The first kappa shape index (κ1) is 13.9. The van der Waals surface area contributed by atoms with E-state index < -0.39 is 11.6 Å². The molecule has 0 bridgehead atoms. The number of halogens is 2. The van der Waals surface area contributed by atoms with Crippen molar-refractivity contribution in [3.05, 3.63) is 29.3 Å². The summed E-state index contributed by atoms with van der Waals surface area (Å²) in [5.74, 6) is -2.42. The van der Waals surface area contributed by atoms with Crippen molar-refractivity contribution in [2.45, 2.75) is 6.42 Å². The molecule has 0 saturated carbocycles. The zero-order chi connectivity index (χ0) is 13.7. The van der Waals surface area contributed by atoms with E-state index in [9.17, 15) is 13.6 Å². The molecule has 0 aliphatic rings. The van der Waals surface area contributed by atoms with Crippen molar-refractivity contribution in [2.24, 2.45) is 0 Å². The first-order valence-corrected chi connectivity index (χ1v) is 5.31. The average molecular weight is 253 g/mol. The molecule has 1 aromatic carbocycles. The third kappa shape index (κ3) is 2.94. The fraction of sp³-hybridized carbons (Fsp3) is 0.333. The Bertz CT molecular complexity index is 497. The zero-order valence-electron chi connectivity index (χ0n) is 10.1. The lowest BCUT2D eigenvalue weighted by Gasteiger charge is -2.19. The molecule has 0 atom stereocenters. The van der Waals surface area contributed by atoms with Crippen LogP contribution in [-0.2, 0) is 4.79 Å². The number of nitrogens with zero attached hydrogens (tertiary/aromatic N) is 2. The fourth-order valence-corrected chi connectivity index (χ4v) is 1.44. The first-order chi connectivity index (χ1) is 8.51. The lowest BCUT2D eigenvalue weighted by molar-refractivity contribution is -0.120. The van der Waals surface area contributed by atoms with Gasteiger partial charge in [-0.3, -0.25) is 4.79 Å². The van der Waals surface area contributed by atoms with E-state index in [4.69, 9.17) is 5.26 Å². The van der Waals surface area contributed by atoms with Gasteiger partial charge in [-0.25, -0.2) is 8.78 Å². The molecule has 0 fully saturated rings. The Morgan fingerprint density at radius 2 is 2.11 bits per heavy atom. The molecule has 0 heterocycles. The lowest BCUT2D eigenvalue weighted by atomic mass is 10.2. The Labute approximate surface area is 104 Å². The third-order valence-electron chi connectivity index (χ3n) is 2.55. The van der Waals surface area contributed by atoms with E-state index in [1.165, 1.54) is 24.1 Å². The molecule has 0 unspecified atom stereocenters. The van der Waals surface area contributed by atoms with Gasteiger partial charge >= 0.3 is 0 Å². The number of amides is 1. The Hall–Kier alpha value is -2.16. The van der Waals surface area contributed by atoms with Crippen molar-refractivity contribution in [3.8, 4) is 6.07 Å². The molecule has 6 heteroatoms. The van der Waals surface area contributed by atoms with Crippen LogP contribution in [0.25, 0.3) is 0 Å². The van der Waals surface area contributed by atoms with Gasteiger partial charge in [-0.2, -0.15) is 5.26 Å². The smallest absolute Gasteiger partial charge is 0.221 e. The van der Waals surface area contributed by atoms with Crippen LogP contribution < -0.4 is 10.2 Å². The largest absolute Gasteiger partial charge is 0.372 e. The highest BCUT2D eigenvalue weighted by Gasteiger charge is 2.16. The van der Waals surface area contributed by atoms with Gasteiger partial charge in [0.1, 0.15) is 6.07 Å². The number of anilines is 1. The summed E-state index contributed by atoms with van der Waals surface area (Å²) in [5, 5.41) is 11.0. The summed E-state index contributed by atoms with van der Waals surface area (Å²) in [4.78, 5) is 12.5. The number of hydrogen-bond donors (Lipinski definition) is 1. The number of carbonyl (C=O) groups excluding carboxylic acids is 1. The summed E-state index contributed by atoms with van der Waals surface area (Å²) in [5.41, 5.74) is -0.314. The van der Waals surface area contributed by atoms with Crippen molar-refractivity contribution in [3.63, 3.8) is 0 Å². The molecule has 1 N–H and O–H groups in total. The first-order valence-electron chi connectivity index (χ1n) is 5.31. The van der Waals surface area contributed by atoms with E-state index in [1.54, 1.807) is 13.1 Å². The highest BCUT2D eigenvalue weighted by atomic mass is 19.2. The number of carbonyl (C=O) groups is 1. The van der Waals surface area contributed by atoms with Gasteiger partial charge in [0.15, 0.2) is 11.6 Å². The predicted octanol–water partition coefficient (Wildman–Crippen LogP) is 1.41. The molecule has 0 aromatic heterocycles. The quantitative estimate of drug-likeness (QED) is 0.882. The highest BCUT2D eigenvalue weighted by molar-refractivity contribution is 5.76. The summed E-state index contributed by atoms with van der Waals surface area (Å²) in [6.07, 6.45) is 0.175. The third-order valence-corrected chi connectivity index (χ3v) is 2.55. The van der Waals surface area contributed by atoms with Crippen molar-refractivity contribution < 1.29 is 13.6 Å². The van der Waals surface area contributed by atoms with Crippen LogP contribution in [0.3, 0.4) is 0 Å². The highest BCUT2D eigenvalue weighted by Crippen LogP contribution is 2.23. The minimum atomic E-state index is -1.17. The average Bonchev–Trinajstić information content (AvgIpc) is 2.38. The van der Waals surface area contributed by atoms with Crippen LogP contribution in [-0.4, -0.2) is 26.5 Å². The number of hydrogen-bond acceptors (Lipinski definition) is 3. The molecule has 0 aliphatic heterocycles. The lowest BCUT2D eigenvalue weighted by Crippen LogP contribution is -2.27. The van der Waals surface area contributed by atoms with Crippen molar-refractivity contribution in [1.82, 2.24) is 5.32 Å². The van der Waals surface area contributed by atoms with Crippen molar-refractivity contribution in [2.75, 3.05) is 25.5 Å². The summed E-state index contributed by atoms with van der Waals surface area (Å²) >= 11 is 0. The number of nitriles is 1. The van der Waals surface area contributed by atoms with Gasteiger partial charge < -0.3 is 10.2 Å². The summed E-state index contributed by atoms with van der Waals surface area (Å²) in [6.45, 7) is 0.252.